The quantitative estimate of drug-likeness (QED) is 0.933. The maximum absolute atomic E-state index is 14.5. The third-order valence-electron chi connectivity index (χ3n) is 4.19. The monoisotopic (exact) mass is 318 g/mol. The third-order valence-corrected chi connectivity index (χ3v) is 4.19. The van der Waals surface area contributed by atoms with E-state index in [1.165, 1.54) is 16.8 Å². The maximum atomic E-state index is 14.5. The number of piperazine rings is 1. The normalized spacial score (nSPS) is 15.9. The zero-order valence-electron chi connectivity index (χ0n) is 13.2. The standard InChI is InChI=1S/C16H19FN4O2/c1-19-5-7-21(8-6-19)14-4-3-11(9-12(14)17)15-10-13(16(22)23)18-20(15)2/h3-4,9-10H,5-8H2,1-2H3,(H,22,23). The Morgan fingerprint density at radius 1 is 1.17 bits per heavy atom. The first kappa shape index (κ1) is 15.5. The van der Waals surface area contributed by atoms with Gasteiger partial charge in [0.05, 0.1) is 11.4 Å². The van der Waals surface area contributed by atoms with Gasteiger partial charge in [0.15, 0.2) is 5.69 Å². The van der Waals surface area contributed by atoms with Gasteiger partial charge in [-0.15, -0.1) is 0 Å². The van der Waals surface area contributed by atoms with E-state index in [-0.39, 0.29) is 11.5 Å². The molecule has 1 aliphatic heterocycles. The number of rotatable bonds is 3. The number of halogens is 1. The van der Waals surface area contributed by atoms with Gasteiger partial charge in [-0.05, 0) is 25.2 Å². The number of anilines is 1. The van der Waals surface area contributed by atoms with Crippen LogP contribution in [0.25, 0.3) is 11.3 Å². The fourth-order valence-electron chi connectivity index (χ4n) is 2.81. The molecule has 3 rings (SSSR count). The summed E-state index contributed by atoms with van der Waals surface area (Å²) in [6, 6.07) is 6.45. The Kier molecular flexibility index (Phi) is 4.04. The molecule has 1 aliphatic rings. The van der Waals surface area contributed by atoms with E-state index < -0.39 is 5.97 Å². The van der Waals surface area contributed by atoms with Crippen LogP contribution in [0.2, 0.25) is 0 Å². The number of carboxylic acid groups (broad SMARTS) is 1. The van der Waals surface area contributed by atoms with E-state index in [0.29, 0.717) is 16.9 Å². The van der Waals surface area contributed by atoms with Crippen LogP contribution in [-0.2, 0) is 7.05 Å². The number of hydrogen-bond acceptors (Lipinski definition) is 4. The molecule has 1 N–H and O–H groups in total. The van der Waals surface area contributed by atoms with Crippen LogP contribution >= 0.6 is 0 Å². The van der Waals surface area contributed by atoms with Crippen LogP contribution in [0.15, 0.2) is 24.3 Å². The molecular formula is C16H19FN4O2. The Bertz CT molecular complexity index is 736. The van der Waals surface area contributed by atoms with Gasteiger partial charge >= 0.3 is 5.97 Å². The summed E-state index contributed by atoms with van der Waals surface area (Å²) in [5, 5.41) is 12.9. The lowest BCUT2D eigenvalue weighted by Crippen LogP contribution is -2.44. The summed E-state index contributed by atoms with van der Waals surface area (Å²) < 4.78 is 16.0. The van der Waals surface area contributed by atoms with Crippen LogP contribution in [0.4, 0.5) is 10.1 Å². The van der Waals surface area contributed by atoms with Crippen molar-refractivity contribution < 1.29 is 14.3 Å². The number of benzene rings is 1. The summed E-state index contributed by atoms with van der Waals surface area (Å²) in [4.78, 5) is 15.2. The third kappa shape index (κ3) is 3.05. The molecule has 1 aromatic heterocycles. The minimum absolute atomic E-state index is 0.0500. The summed E-state index contributed by atoms with van der Waals surface area (Å²) in [5.74, 6) is -1.40. The number of aryl methyl sites for hydroxylation is 1. The number of nitrogens with zero attached hydrogens (tertiary/aromatic N) is 4. The van der Waals surface area contributed by atoms with E-state index in [0.717, 1.165) is 26.2 Å². The van der Waals surface area contributed by atoms with E-state index in [2.05, 4.69) is 17.0 Å². The van der Waals surface area contributed by atoms with Crippen molar-refractivity contribution in [2.75, 3.05) is 38.1 Å². The summed E-state index contributed by atoms with van der Waals surface area (Å²) in [5.41, 5.74) is 1.72. The highest BCUT2D eigenvalue weighted by molar-refractivity contribution is 5.87. The molecule has 0 unspecified atom stereocenters. The van der Waals surface area contributed by atoms with Crippen LogP contribution in [0.3, 0.4) is 0 Å². The highest BCUT2D eigenvalue weighted by Crippen LogP contribution is 2.27. The molecule has 0 aliphatic carbocycles. The second kappa shape index (κ2) is 6.00. The average Bonchev–Trinajstić information content (AvgIpc) is 2.90. The molecule has 2 aromatic rings. The molecule has 0 bridgehead atoms. The molecule has 0 saturated carbocycles. The summed E-state index contributed by atoms with van der Waals surface area (Å²) in [7, 11) is 3.70. The molecule has 122 valence electrons. The molecular weight excluding hydrogens is 299 g/mol. The van der Waals surface area contributed by atoms with Gasteiger partial charge in [0.1, 0.15) is 5.82 Å². The predicted octanol–water partition coefficient (Wildman–Crippen LogP) is 1.68. The van der Waals surface area contributed by atoms with E-state index in [1.807, 2.05) is 4.90 Å². The molecule has 1 saturated heterocycles. The molecule has 1 fully saturated rings. The van der Waals surface area contributed by atoms with Crippen LogP contribution in [0.5, 0.6) is 0 Å². The summed E-state index contributed by atoms with van der Waals surface area (Å²) in [6.07, 6.45) is 0. The van der Waals surface area contributed by atoms with E-state index in [9.17, 15) is 9.18 Å². The molecule has 0 spiro atoms. The predicted molar refractivity (Wildman–Crippen MR) is 85.3 cm³/mol. The first-order valence-corrected chi connectivity index (χ1v) is 7.46. The van der Waals surface area contributed by atoms with Crippen molar-refractivity contribution in [3.63, 3.8) is 0 Å². The first-order valence-electron chi connectivity index (χ1n) is 7.46. The minimum atomic E-state index is -1.10. The highest BCUT2D eigenvalue weighted by atomic mass is 19.1. The highest BCUT2D eigenvalue weighted by Gasteiger charge is 2.19. The number of aromatic nitrogens is 2. The van der Waals surface area contributed by atoms with Crippen molar-refractivity contribution in [3.8, 4) is 11.3 Å². The summed E-state index contributed by atoms with van der Waals surface area (Å²) >= 11 is 0. The van der Waals surface area contributed by atoms with Crippen molar-refractivity contribution in [1.29, 1.82) is 0 Å². The number of likely N-dealkylation sites (N-methyl/N-ethyl adjacent to an activating group) is 1. The number of hydrogen-bond donors (Lipinski definition) is 1. The van der Waals surface area contributed by atoms with Crippen LogP contribution < -0.4 is 4.90 Å². The maximum Gasteiger partial charge on any atom is 0.356 e. The topological polar surface area (TPSA) is 61.6 Å². The lowest BCUT2D eigenvalue weighted by molar-refractivity contribution is 0.0689. The number of carboxylic acids is 1. The SMILES string of the molecule is CN1CCN(c2ccc(-c3cc(C(=O)O)nn3C)cc2F)CC1. The van der Waals surface area contributed by atoms with E-state index in [1.54, 1.807) is 19.2 Å². The van der Waals surface area contributed by atoms with Gasteiger partial charge in [-0.3, -0.25) is 4.68 Å². The second-order valence-electron chi connectivity index (χ2n) is 5.80. The Hall–Kier alpha value is -2.41. The molecule has 1 aromatic carbocycles. The Balaban J connectivity index is 1.89. The van der Waals surface area contributed by atoms with Crippen molar-refractivity contribution in [2.24, 2.45) is 7.05 Å². The van der Waals surface area contributed by atoms with Gasteiger partial charge in [0.2, 0.25) is 0 Å². The van der Waals surface area contributed by atoms with Crippen LogP contribution in [0, 0.1) is 5.82 Å². The van der Waals surface area contributed by atoms with Crippen LogP contribution in [-0.4, -0.2) is 59.0 Å². The largest absolute Gasteiger partial charge is 0.476 e. The molecule has 7 heteroatoms. The van der Waals surface area contributed by atoms with Gasteiger partial charge in [0.25, 0.3) is 0 Å². The fraction of sp³-hybridized carbons (Fsp3) is 0.375. The molecule has 0 amide bonds. The van der Waals surface area contributed by atoms with E-state index in [4.69, 9.17) is 5.11 Å². The molecule has 0 radical (unpaired) electrons. The van der Waals surface area contributed by atoms with Crippen molar-refractivity contribution in [3.05, 3.63) is 35.8 Å². The Morgan fingerprint density at radius 3 is 2.43 bits per heavy atom. The minimum Gasteiger partial charge on any atom is -0.476 e. The smallest absolute Gasteiger partial charge is 0.356 e. The molecule has 2 heterocycles. The van der Waals surface area contributed by atoms with Crippen molar-refractivity contribution in [1.82, 2.24) is 14.7 Å². The number of carbonyl (C=O) groups is 1. The lowest BCUT2D eigenvalue weighted by Gasteiger charge is -2.34. The van der Waals surface area contributed by atoms with Gasteiger partial charge < -0.3 is 14.9 Å². The molecule has 23 heavy (non-hydrogen) atoms. The molecule has 0 atom stereocenters. The zero-order chi connectivity index (χ0) is 16.6. The van der Waals surface area contributed by atoms with E-state index >= 15 is 0 Å². The summed E-state index contributed by atoms with van der Waals surface area (Å²) in [6.45, 7) is 3.40. The fourth-order valence-corrected chi connectivity index (χ4v) is 2.81. The first-order chi connectivity index (χ1) is 11.0. The lowest BCUT2D eigenvalue weighted by atomic mass is 10.1. The molecule has 6 nitrogen and oxygen atoms in total. The van der Waals surface area contributed by atoms with Crippen molar-refractivity contribution in [2.45, 2.75) is 0 Å². The van der Waals surface area contributed by atoms with Crippen LogP contribution in [0.1, 0.15) is 10.5 Å². The second-order valence-corrected chi connectivity index (χ2v) is 5.80. The Labute approximate surface area is 133 Å². The Morgan fingerprint density at radius 2 is 1.87 bits per heavy atom. The number of aromatic carboxylic acids is 1. The average molecular weight is 318 g/mol. The zero-order valence-corrected chi connectivity index (χ0v) is 13.2. The van der Waals surface area contributed by atoms with Gasteiger partial charge in [0, 0.05) is 38.8 Å². The van der Waals surface area contributed by atoms with Crippen molar-refractivity contribution >= 4 is 11.7 Å². The van der Waals surface area contributed by atoms with Gasteiger partial charge in [-0.2, -0.15) is 5.10 Å². The van der Waals surface area contributed by atoms with Gasteiger partial charge in [-0.25, -0.2) is 9.18 Å². The van der Waals surface area contributed by atoms with Gasteiger partial charge in [-0.1, -0.05) is 6.07 Å².